The van der Waals surface area contributed by atoms with Gasteiger partial charge in [-0.15, -0.1) is 11.3 Å². The van der Waals surface area contributed by atoms with Gasteiger partial charge in [0.1, 0.15) is 15.5 Å². The Morgan fingerprint density at radius 3 is 2.53 bits per heavy atom. The van der Waals surface area contributed by atoms with Gasteiger partial charge in [0, 0.05) is 22.8 Å². The summed E-state index contributed by atoms with van der Waals surface area (Å²) in [5.74, 6) is 0.295. The summed E-state index contributed by atoms with van der Waals surface area (Å²) >= 11 is 1.13. The lowest BCUT2D eigenvalue weighted by Crippen LogP contribution is -2.14. The van der Waals surface area contributed by atoms with Crippen molar-refractivity contribution in [3.05, 3.63) is 77.8 Å². The van der Waals surface area contributed by atoms with Crippen LogP contribution in [0.3, 0.4) is 0 Å². The summed E-state index contributed by atoms with van der Waals surface area (Å²) in [6, 6.07) is 16.6. The number of pyridine rings is 1. The molecule has 2 aromatic carbocycles. The van der Waals surface area contributed by atoms with E-state index in [1.165, 1.54) is 6.07 Å². The highest BCUT2D eigenvalue weighted by molar-refractivity contribution is 7.94. The first-order chi connectivity index (χ1) is 14.5. The second-order valence-electron chi connectivity index (χ2n) is 6.28. The zero-order valence-electron chi connectivity index (χ0n) is 15.8. The minimum absolute atomic E-state index is 0.226. The number of fused-ring (bicyclic) bond motifs is 1. The number of methoxy groups -OCH3 is 1. The van der Waals surface area contributed by atoms with Gasteiger partial charge in [-0.1, -0.05) is 6.07 Å². The van der Waals surface area contributed by atoms with Gasteiger partial charge in [0.15, 0.2) is 0 Å². The topological polar surface area (TPSA) is 97.4 Å². The number of amides is 1. The first-order valence-electron chi connectivity index (χ1n) is 8.87. The molecule has 0 saturated heterocycles. The third-order valence-electron chi connectivity index (χ3n) is 4.36. The van der Waals surface area contributed by atoms with Crippen LogP contribution in [0.4, 0.5) is 11.4 Å². The molecule has 0 aliphatic rings. The first kappa shape index (κ1) is 19.9. The van der Waals surface area contributed by atoms with Crippen molar-refractivity contribution in [1.29, 1.82) is 0 Å². The van der Waals surface area contributed by atoms with E-state index in [-0.39, 0.29) is 10.1 Å². The van der Waals surface area contributed by atoms with E-state index in [1.807, 2.05) is 6.07 Å². The predicted octanol–water partition coefficient (Wildman–Crippen LogP) is 4.36. The number of ether oxygens (including phenoxy) is 1. The first-order valence-corrected chi connectivity index (χ1v) is 11.2. The van der Waals surface area contributed by atoms with E-state index in [9.17, 15) is 13.2 Å². The van der Waals surface area contributed by atoms with Crippen LogP contribution in [-0.2, 0) is 10.0 Å². The van der Waals surface area contributed by atoms with Gasteiger partial charge < -0.3 is 10.1 Å². The zero-order chi connectivity index (χ0) is 21.1. The Morgan fingerprint density at radius 1 is 1.03 bits per heavy atom. The molecule has 2 N–H and O–H groups in total. The Labute approximate surface area is 177 Å². The van der Waals surface area contributed by atoms with E-state index in [4.69, 9.17) is 4.74 Å². The van der Waals surface area contributed by atoms with Gasteiger partial charge in [0.2, 0.25) is 0 Å². The highest BCUT2D eigenvalue weighted by atomic mass is 32.2. The average Bonchev–Trinajstić information content (AvgIpc) is 3.30. The number of rotatable bonds is 6. The van der Waals surface area contributed by atoms with Gasteiger partial charge in [-0.05, 0) is 60.0 Å². The van der Waals surface area contributed by atoms with Crippen LogP contribution in [0.25, 0.3) is 10.9 Å². The normalized spacial score (nSPS) is 11.2. The summed E-state index contributed by atoms with van der Waals surface area (Å²) < 4.78 is 32.7. The smallest absolute Gasteiger partial charge is 0.271 e. The molecule has 4 aromatic rings. The van der Waals surface area contributed by atoms with Crippen molar-refractivity contribution in [3.63, 3.8) is 0 Å². The third-order valence-corrected chi connectivity index (χ3v) is 7.14. The maximum atomic E-state index is 12.7. The fourth-order valence-corrected chi connectivity index (χ4v) is 4.98. The van der Waals surface area contributed by atoms with Crippen molar-refractivity contribution in [2.75, 3.05) is 17.1 Å². The Kier molecular flexibility index (Phi) is 5.39. The molecule has 152 valence electrons. The quantitative estimate of drug-likeness (QED) is 0.465. The van der Waals surface area contributed by atoms with Crippen LogP contribution in [0, 0.1) is 0 Å². The number of aromatic nitrogens is 1. The lowest BCUT2D eigenvalue weighted by molar-refractivity contribution is 0.102. The maximum Gasteiger partial charge on any atom is 0.271 e. The molecule has 2 aromatic heterocycles. The average molecular weight is 440 g/mol. The van der Waals surface area contributed by atoms with Crippen LogP contribution in [0.15, 0.2) is 76.4 Å². The van der Waals surface area contributed by atoms with Crippen LogP contribution >= 0.6 is 11.3 Å². The molecule has 0 aliphatic carbocycles. The number of carbonyl (C=O) groups excluding carboxylic acids is 1. The van der Waals surface area contributed by atoms with Gasteiger partial charge in [-0.25, -0.2) is 8.42 Å². The summed E-state index contributed by atoms with van der Waals surface area (Å²) in [5.41, 5.74) is 2.02. The molecule has 0 fully saturated rings. The highest BCUT2D eigenvalue weighted by Gasteiger charge is 2.16. The Bertz CT molecular complexity index is 1300. The second-order valence-corrected chi connectivity index (χ2v) is 9.14. The predicted molar refractivity (Wildman–Crippen MR) is 118 cm³/mol. The molecular weight excluding hydrogens is 422 g/mol. The minimum Gasteiger partial charge on any atom is -0.494 e. The van der Waals surface area contributed by atoms with E-state index in [1.54, 1.807) is 67.2 Å². The van der Waals surface area contributed by atoms with E-state index in [0.717, 1.165) is 16.7 Å². The number of nitrogens with one attached hydrogen (secondary N) is 2. The third kappa shape index (κ3) is 3.98. The number of anilines is 2. The Morgan fingerprint density at radius 2 is 1.83 bits per heavy atom. The fraction of sp³-hybridized carbons (Fsp3) is 0.0476. The second kappa shape index (κ2) is 8.13. The summed E-state index contributed by atoms with van der Waals surface area (Å²) in [5, 5.41) is 5.32. The van der Waals surface area contributed by atoms with Crippen LogP contribution in [0.2, 0.25) is 0 Å². The molecule has 0 radical (unpaired) electrons. The number of hydrogen-bond acceptors (Lipinski definition) is 6. The van der Waals surface area contributed by atoms with Gasteiger partial charge in [-0.2, -0.15) is 0 Å². The summed E-state index contributed by atoms with van der Waals surface area (Å²) in [6.07, 6.45) is 1.66. The van der Waals surface area contributed by atoms with Crippen molar-refractivity contribution in [2.45, 2.75) is 4.21 Å². The maximum absolute atomic E-state index is 12.7. The van der Waals surface area contributed by atoms with Crippen molar-refractivity contribution >= 4 is 49.5 Å². The van der Waals surface area contributed by atoms with E-state index >= 15 is 0 Å². The number of hydrogen-bond donors (Lipinski definition) is 2. The van der Waals surface area contributed by atoms with Crippen molar-refractivity contribution in [3.8, 4) is 5.75 Å². The van der Waals surface area contributed by atoms with Gasteiger partial charge in [0.25, 0.3) is 15.9 Å². The summed E-state index contributed by atoms with van der Waals surface area (Å²) in [4.78, 5) is 17.0. The number of carbonyl (C=O) groups is 1. The summed E-state index contributed by atoms with van der Waals surface area (Å²) in [6.45, 7) is 0. The molecule has 7 nitrogen and oxygen atoms in total. The molecular formula is C21H17N3O4S2. The van der Waals surface area contributed by atoms with Gasteiger partial charge in [-0.3, -0.25) is 14.5 Å². The molecule has 4 rings (SSSR count). The monoisotopic (exact) mass is 439 g/mol. The number of sulfonamides is 1. The van der Waals surface area contributed by atoms with Crippen LogP contribution in [0.5, 0.6) is 5.75 Å². The molecule has 2 heterocycles. The van der Waals surface area contributed by atoms with Gasteiger partial charge in [0.05, 0.1) is 12.8 Å². The fourth-order valence-electron chi connectivity index (χ4n) is 2.93. The van der Waals surface area contributed by atoms with Gasteiger partial charge >= 0.3 is 0 Å². The number of nitrogens with zero attached hydrogens (tertiary/aromatic N) is 1. The molecule has 0 spiro atoms. The molecule has 0 bridgehead atoms. The molecule has 0 atom stereocenters. The lowest BCUT2D eigenvalue weighted by atomic mass is 10.1. The highest BCUT2D eigenvalue weighted by Crippen LogP contribution is 2.30. The van der Waals surface area contributed by atoms with Crippen LogP contribution < -0.4 is 14.8 Å². The Balaban J connectivity index is 1.53. The lowest BCUT2D eigenvalue weighted by Gasteiger charge is -2.11. The molecule has 9 heteroatoms. The van der Waals surface area contributed by atoms with E-state index in [0.29, 0.717) is 28.2 Å². The molecule has 1 amide bonds. The molecule has 0 saturated carbocycles. The molecule has 0 unspecified atom stereocenters. The summed E-state index contributed by atoms with van der Waals surface area (Å²) in [7, 11) is -2.07. The minimum atomic E-state index is -3.63. The zero-order valence-corrected chi connectivity index (χ0v) is 17.5. The molecule has 0 aliphatic heterocycles. The SMILES string of the molecule is COc1ccc(NC(=O)c2ccc(NS(=O)(=O)c3cccs3)cc2)c2cccnc12. The van der Waals surface area contributed by atoms with E-state index in [2.05, 4.69) is 15.0 Å². The number of thiophene rings is 1. The standard InChI is InChI=1S/C21H17N3O4S2/c1-28-18-11-10-17(16-4-2-12-22-20(16)18)23-21(25)14-6-8-15(9-7-14)24-30(26,27)19-5-3-13-29-19/h2-13,24H,1H3,(H,23,25). The van der Waals surface area contributed by atoms with Crippen molar-refractivity contribution < 1.29 is 17.9 Å². The molecule has 30 heavy (non-hydrogen) atoms. The van der Waals surface area contributed by atoms with Crippen molar-refractivity contribution in [2.24, 2.45) is 0 Å². The Hall–Kier alpha value is -3.43. The van der Waals surface area contributed by atoms with Crippen LogP contribution in [-0.4, -0.2) is 26.4 Å². The number of benzene rings is 2. The largest absolute Gasteiger partial charge is 0.494 e. The van der Waals surface area contributed by atoms with E-state index < -0.39 is 10.0 Å². The van der Waals surface area contributed by atoms with Crippen molar-refractivity contribution in [1.82, 2.24) is 4.98 Å². The van der Waals surface area contributed by atoms with Crippen LogP contribution in [0.1, 0.15) is 10.4 Å².